The van der Waals surface area contributed by atoms with Gasteiger partial charge >= 0.3 is 0 Å². The largest absolute Gasteiger partial charge is 0.354 e. The number of benzene rings is 1. The van der Waals surface area contributed by atoms with E-state index in [1.54, 1.807) is 18.5 Å². The lowest BCUT2D eigenvalue weighted by Crippen LogP contribution is -2.38. The van der Waals surface area contributed by atoms with Gasteiger partial charge in [-0.2, -0.15) is 4.31 Å². The lowest BCUT2D eigenvalue weighted by atomic mass is 10.1. The molecular weight excluding hydrogens is 326 g/mol. The minimum atomic E-state index is -3.37. The van der Waals surface area contributed by atoms with Crippen LogP contribution in [0.5, 0.6) is 0 Å². The monoisotopic (exact) mass is 347 g/mol. The van der Waals surface area contributed by atoms with Crippen molar-refractivity contribution < 1.29 is 13.2 Å². The van der Waals surface area contributed by atoms with Crippen LogP contribution in [0.2, 0.25) is 0 Å². The Hall–Kier alpha value is -2.25. The molecule has 24 heavy (non-hydrogen) atoms. The van der Waals surface area contributed by atoms with Crippen molar-refractivity contribution in [1.29, 1.82) is 0 Å². The van der Waals surface area contributed by atoms with Crippen molar-refractivity contribution >= 4 is 15.9 Å². The first kappa shape index (κ1) is 18.1. The van der Waals surface area contributed by atoms with Crippen molar-refractivity contribution in [3.63, 3.8) is 0 Å². The number of carbonyl (C=O) groups excluding carboxylic acids is 1. The Labute approximate surface area is 142 Å². The summed E-state index contributed by atoms with van der Waals surface area (Å²) < 4.78 is 25.1. The third-order valence-electron chi connectivity index (χ3n) is 3.44. The quantitative estimate of drug-likeness (QED) is 0.778. The van der Waals surface area contributed by atoms with E-state index in [0.717, 1.165) is 17.4 Å². The molecule has 7 heteroatoms. The van der Waals surface area contributed by atoms with E-state index in [-0.39, 0.29) is 32.0 Å². The molecule has 1 N–H and O–H groups in total. The molecule has 0 saturated heterocycles. The van der Waals surface area contributed by atoms with Crippen molar-refractivity contribution in [2.45, 2.75) is 13.0 Å². The van der Waals surface area contributed by atoms with Crippen LogP contribution in [0.4, 0.5) is 0 Å². The van der Waals surface area contributed by atoms with Crippen molar-refractivity contribution in [2.75, 3.05) is 19.3 Å². The molecule has 2 rings (SSSR count). The zero-order valence-corrected chi connectivity index (χ0v) is 14.4. The van der Waals surface area contributed by atoms with Gasteiger partial charge in [-0.3, -0.25) is 9.78 Å². The molecule has 1 heterocycles. The molecule has 0 spiro atoms. The first-order chi connectivity index (χ1) is 11.4. The lowest BCUT2D eigenvalue weighted by molar-refractivity contribution is -0.120. The van der Waals surface area contributed by atoms with Crippen molar-refractivity contribution in [2.24, 2.45) is 0 Å². The van der Waals surface area contributed by atoms with E-state index in [2.05, 4.69) is 10.3 Å². The molecule has 0 aliphatic rings. The maximum absolute atomic E-state index is 11.9. The highest BCUT2D eigenvalue weighted by Crippen LogP contribution is 2.06. The predicted octanol–water partition coefficient (Wildman–Crippen LogP) is 1.20. The zero-order valence-electron chi connectivity index (χ0n) is 13.6. The van der Waals surface area contributed by atoms with Crippen LogP contribution < -0.4 is 5.32 Å². The molecule has 1 aromatic heterocycles. The second-order valence-electron chi connectivity index (χ2n) is 5.47. The number of hydrogen-bond donors (Lipinski definition) is 1. The summed E-state index contributed by atoms with van der Waals surface area (Å²) in [7, 11) is -3.37. The van der Waals surface area contributed by atoms with Crippen LogP contribution in [-0.4, -0.2) is 43.0 Å². The molecular formula is C17H21N3O3S. The Kier molecular flexibility index (Phi) is 6.45. The zero-order chi connectivity index (χ0) is 17.4. The normalized spacial score (nSPS) is 11.4. The van der Waals surface area contributed by atoms with Crippen molar-refractivity contribution in [1.82, 2.24) is 14.6 Å². The van der Waals surface area contributed by atoms with E-state index in [1.807, 2.05) is 36.4 Å². The smallest absolute Gasteiger partial charge is 0.224 e. The van der Waals surface area contributed by atoms with Gasteiger partial charge in [0.25, 0.3) is 0 Å². The van der Waals surface area contributed by atoms with Crippen LogP contribution in [0.1, 0.15) is 11.1 Å². The Morgan fingerprint density at radius 3 is 2.46 bits per heavy atom. The van der Waals surface area contributed by atoms with Gasteiger partial charge in [-0.15, -0.1) is 0 Å². The highest BCUT2D eigenvalue weighted by molar-refractivity contribution is 7.88. The number of nitrogens with zero attached hydrogens (tertiary/aromatic N) is 2. The topological polar surface area (TPSA) is 79.4 Å². The molecule has 0 atom stereocenters. The van der Waals surface area contributed by atoms with Crippen LogP contribution in [0.15, 0.2) is 54.9 Å². The Balaban J connectivity index is 1.86. The van der Waals surface area contributed by atoms with Crippen molar-refractivity contribution in [3.8, 4) is 0 Å². The van der Waals surface area contributed by atoms with Gasteiger partial charge in [0.1, 0.15) is 0 Å². The average molecular weight is 347 g/mol. The average Bonchev–Trinajstić information content (AvgIpc) is 2.55. The number of hydrogen-bond acceptors (Lipinski definition) is 4. The molecule has 1 aromatic carbocycles. The molecule has 2 aromatic rings. The summed E-state index contributed by atoms with van der Waals surface area (Å²) in [6, 6.07) is 13.0. The second-order valence-corrected chi connectivity index (χ2v) is 7.45. The number of aromatic nitrogens is 1. The van der Waals surface area contributed by atoms with Gasteiger partial charge < -0.3 is 5.32 Å². The summed E-state index contributed by atoms with van der Waals surface area (Å²) in [4.78, 5) is 15.9. The summed E-state index contributed by atoms with van der Waals surface area (Å²) in [6.07, 6.45) is 4.71. The molecule has 0 saturated carbocycles. The van der Waals surface area contributed by atoms with Gasteiger partial charge in [-0.05, 0) is 17.2 Å². The first-order valence-electron chi connectivity index (χ1n) is 7.60. The number of pyridine rings is 1. The fraction of sp³-hybridized carbons (Fsp3) is 0.294. The third-order valence-corrected chi connectivity index (χ3v) is 4.69. The first-order valence-corrected chi connectivity index (χ1v) is 9.44. The molecule has 0 bridgehead atoms. The summed E-state index contributed by atoms with van der Waals surface area (Å²) in [5.74, 6) is -0.129. The number of rotatable bonds is 8. The van der Waals surface area contributed by atoms with Gasteiger partial charge in [0, 0.05) is 32.0 Å². The van der Waals surface area contributed by atoms with Crippen LogP contribution >= 0.6 is 0 Å². The molecule has 1 amide bonds. The number of amides is 1. The van der Waals surface area contributed by atoms with E-state index >= 15 is 0 Å². The third kappa shape index (κ3) is 6.10. The van der Waals surface area contributed by atoms with Gasteiger partial charge in [-0.25, -0.2) is 8.42 Å². The standard InChI is InChI=1S/C17H21N3O3S/c1-24(22,23)20(14-16-8-5-9-18-13-16)11-10-19-17(21)12-15-6-3-2-4-7-15/h2-9,13H,10-12,14H2,1H3,(H,19,21). The van der Waals surface area contributed by atoms with Gasteiger partial charge in [0.15, 0.2) is 0 Å². The molecule has 0 radical (unpaired) electrons. The van der Waals surface area contributed by atoms with E-state index in [9.17, 15) is 13.2 Å². The Morgan fingerprint density at radius 2 is 1.83 bits per heavy atom. The highest BCUT2D eigenvalue weighted by Gasteiger charge is 2.17. The van der Waals surface area contributed by atoms with E-state index in [1.165, 1.54) is 4.31 Å². The number of carbonyl (C=O) groups is 1. The van der Waals surface area contributed by atoms with E-state index < -0.39 is 10.0 Å². The van der Waals surface area contributed by atoms with Crippen molar-refractivity contribution in [3.05, 3.63) is 66.0 Å². The minimum absolute atomic E-state index is 0.129. The molecule has 0 aliphatic carbocycles. The SMILES string of the molecule is CS(=O)(=O)N(CCNC(=O)Cc1ccccc1)Cc1cccnc1. The summed E-state index contributed by atoms with van der Waals surface area (Å²) in [6.45, 7) is 0.717. The maximum atomic E-state index is 11.9. The van der Waals surface area contributed by atoms with Gasteiger partial charge in [-0.1, -0.05) is 36.4 Å². The summed E-state index contributed by atoms with van der Waals surface area (Å²) >= 11 is 0. The predicted molar refractivity (Wildman–Crippen MR) is 92.6 cm³/mol. The number of nitrogens with one attached hydrogen (secondary N) is 1. The minimum Gasteiger partial charge on any atom is -0.354 e. The fourth-order valence-corrected chi connectivity index (χ4v) is 3.03. The molecule has 6 nitrogen and oxygen atoms in total. The lowest BCUT2D eigenvalue weighted by Gasteiger charge is -2.20. The Bertz CT molecular complexity index is 749. The van der Waals surface area contributed by atoms with Crippen LogP contribution in [0, 0.1) is 0 Å². The maximum Gasteiger partial charge on any atom is 0.224 e. The van der Waals surface area contributed by atoms with Gasteiger partial charge in [0.2, 0.25) is 15.9 Å². The second kappa shape index (κ2) is 8.56. The van der Waals surface area contributed by atoms with E-state index in [4.69, 9.17) is 0 Å². The summed E-state index contributed by atoms with van der Waals surface area (Å²) in [5.41, 5.74) is 1.73. The molecule has 128 valence electrons. The van der Waals surface area contributed by atoms with Crippen LogP contribution in [-0.2, 0) is 27.8 Å². The summed E-state index contributed by atoms with van der Waals surface area (Å²) in [5, 5.41) is 2.76. The van der Waals surface area contributed by atoms with Crippen LogP contribution in [0.25, 0.3) is 0 Å². The van der Waals surface area contributed by atoms with Gasteiger partial charge in [0.05, 0.1) is 12.7 Å². The number of sulfonamides is 1. The van der Waals surface area contributed by atoms with Crippen LogP contribution in [0.3, 0.4) is 0 Å². The molecule has 0 fully saturated rings. The Morgan fingerprint density at radius 1 is 1.12 bits per heavy atom. The fourth-order valence-electron chi connectivity index (χ4n) is 2.22. The highest BCUT2D eigenvalue weighted by atomic mass is 32.2. The van der Waals surface area contributed by atoms with E-state index in [0.29, 0.717) is 0 Å². The molecule has 0 unspecified atom stereocenters. The molecule has 0 aliphatic heterocycles.